The van der Waals surface area contributed by atoms with Crippen LogP contribution in [0.5, 0.6) is 5.88 Å². The van der Waals surface area contributed by atoms with Gasteiger partial charge in [-0.25, -0.2) is 19.2 Å². The van der Waals surface area contributed by atoms with Gasteiger partial charge < -0.3 is 19.7 Å². The molecule has 30 heavy (non-hydrogen) atoms. The average molecular weight is 431 g/mol. The Balaban J connectivity index is 1.50. The zero-order valence-corrected chi connectivity index (χ0v) is 16.8. The Morgan fingerprint density at radius 2 is 2.13 bits per heavy atom. The molecule has 0 saturated carbocycles. The number of aromatic nitrogens is 2. The highest BCUT2D eigenvalue weighted by atomic mass is 35.5. The quantitative estimate of drug-likeness (QED) is 0.543. The molecule has 0 aliphatic carbocycles. The minimum atomic E-state index is -0.616. The van der Waals surface area contributed by atoms with Gasteiger partial charge in [0.05, 0.1) is 13.1 Å². The number of pyridine rings is 2. The van der Waals surface area contributed by atoms with E-state index in [0.29, 0.717) is 17.2 Å². The van der Waals surface area contributed by atoms with E-state index in [1.807, 2.05) is 36.4 Å². The van der Waals surface area contributed by atoms with Crippen molar-refractivity contribution >= 4 is 34.3 Å². The van der Waals surface area contributed by atoms with Crippen LogP contribution in [0.25, 0.3) is 10.9 Å². The first kappa shape index (κ1) is 20.2. The molecule has 3 heterocycles. The lowest BCUT2D eigenvalue weighted by atomic mass is 10.2. The number of ether oxygens (including phenoxy) is 2. The molecule has 0 radical (unpaired) electrons. The molecule has 0 bridgehead atoms. The number of carbonyl (C=O) groups excluding carboxylic acids is 1. The molecule has 1 fully saturated rings. The number of fused-ring (bicyclic) bond motifs is 1. The number of benzene rings is 1. The molecule has 1 N–H and O–H groups in total. The fraction of sp³-hybridized carbons (Fsp3) is 0.286. The first-order chi connectivity index (χ1) is 14.6. The lowest BCUT2D eigenvalue weighted by molar-refractivity contribution is 0.101. The molecule has 1 aliphatic heterocycles. The van der Waals surface area contributed by atoms with Crippen molar-refractivity contribution in [1.29, 1.82) is 0 Å². The molecule has 1 aliphatic rings. The molecule has 1 saturated heterocycles. The molecule has 1 aromatic carbocycles. The number of hydrogen-bond acceptors (Lipinski definition) is 6. The Morgan fingerprint density at radius 3 is 2.93 bits per heavy atom. The molecule has 9 heteroatoms. The Kier molecular flexibility index (Phi) is 6.13. The Hall–Kier alpha value is -3.13. The van der Waals surface area contributed by atoms with Gasteiger partial charge in [0.25, 0.3) is 0 Å². The fourth-order valence-corrected chi connectivity index (χ4v) is 3.45. The Morgan fingerprint density at radius 1 is 1.30 bits per heavy atom. The molecule has 3 aromatic rings. The number of alkyl halides is 1. The van der Waals surface area contributed by atoms with Gasteiger partial charge in [-0.05, 0) is 17.7 Å². The SMILES string of the molecule is O=C1OC(COc2nccc3c(NCc4ccccc4)cc(Cl)nc23)CN1CCF. The summed E-state index contributed by atoms with van der Waals surface area (Å²) in [5, 5.41) is 4.49. The third-order valence-corrected chi connectivity index (χ3v) is 4.89. The highest BCUT2D eigenvalue weighted by Crippen LogP contribution is 2.30. The largest absolute Gasteiger partial charge is 0.472 e. The number of hydrogen-bond donors (Lipinski definition) is 1. The van der Waals surface area contributed by atoms with Gasteiger partial charge in [-0.1, -0.05) is 41.9 Å². The van der Waals surface area contributed by atoms with Crippen LogP contribution in [0.15, 0.2) is 48.7 Å². The van der Waals surface area contributed by atoms with Crippen molar-refractivity contribution in [2.24, 2.45) is 0 Å². The molecule has 4 rings (SSSR count). The van der Waals surface area contributed by atoms with Crippen LogP contribution in [-0.2, 0) is 11.3 Å². The van der Waals surface area contributed by atoms with Crippen molar-refractivity contribution in [3.8, 4) is 5.88 Å². The summed E-state index contributed by atoms with van der Waals surface area (Å²) in [6, 6.07) is 13.6. The molecule has 156 valence electrons. The van der Waals surface area contributed by atoms with E-state index in [0.717, 1.165) is 16.6 Å². The number of anilines is 1. The van der Waals surface area contributed by atoms with Crippen LogP contribution in [0.1, 0.15) is 5.56 Å². The van der Waals surface area contributed by atoms with Gasteiger partial charge in [0.2, 0.25) is 5.88 Å². The van der Waals surface area contributed by atoms with Gasteiger partial charge in [-0.3, -0.25) is 0 Å². The first-order valence-electron chi connectivity index (χ1n) is 9.51. The minimum absolute atomic E-state index is 0.00938. The number of halogens is 2. The second-order valence-corrected chi connectivity index (χ2v) is 7.18. The number of carbonyl (C=O) groups is 1. The van der Waals surface area contributed by atoms with Gasteiger partial charge in [0.1, 0.15) is 24.0 Å². The minimum Gasteiger partial charge on any atom is -0.472 e. The summed E-state index contributed by atoms with van der Waals surface area (Å²) in [5.74, 6) is 0.290. The van der Waals surface area contributed by atoms with Crippen molar-refractivity contribution < 1.29 is 18.7 Å². The predicted octanol–water partition coefficient (Wildman–Crippen LogP) is 4.06. The Bertz CT molecular complexity index is 1040. The summed E-state index contributed by atoms with van der Waals surface area (Å²) in [7, 11) is 0. The number of nitrogens with one attached hydrogen (secondary N) is 1. The van der Waals surface area contributed by atoms with Gasteiger partial charge in [0, 0.05) is 23.8 Å². The predicted molar refractivity (Wildman–Crippen MR) is 112 cm³/mol. The van der Waals surface area contributed by atoms with Crippen molar-refractivity contribution in [2.45, 2.75) is 12.6 Å². The number of nitrogens with zero attached hydrogens (tertiary/aromatic N) is 3. The molecule has 1 unspecified atom stereocenters. The third kappa shape index (κ3) is 4.54. The molecule has 2 aromatic heterocycles. The van der Waals surface area contributed by atoms with Crippen LogP contribution in [0.2, 0.25) is 5.15 Å². The van der Waals surface area contributed by atoms with Crippen molar-refractivity contribution in [3.05, 3.63) is 59.4 Å². The number of cyclic esters (lactones) is 1. The first-order valence-corrected chi connectivity index (χ1v) is 9.89. The van der Waals surface area contributed by atoms with Gasteiger partial charge in [-0.15, -0.1) is 0 Å². The third-order valence-electron chi connectivity index (χ3n) is 4.70. The van der Waals surface area contributed by atoms with Gasteiger partial charge >= 0.3 is 6.09 Å². The van der Waals surface area contributed by atoms with E-state index < -0.39 is 18.9 Å². The van der Waals surface area contributed by atoms with Crippen LogP contribution in [0.4, 0.5) is 14.9 Å². The van der Waals surface area contributed by atoms with Crippen LogP contribution >= 0.6 is 11.6 Å². The van der Waals surface area contributed by atoms with E-state index in [1.54, 1.807) is 12.3 Å². The molecule has 7 nitrogen and oxygen atoms in total. The molecule has 1 atom stereocenters. The average Bonchev–Trinajstić information content (AvgIpc) is 3.11. The lowest BCUT2D eigenvalue weighted by Gasteiger charge is -2.14. The zero-order valence-electron chi connectivity index (χ0n) is 16.1. The molecular weight excluding hydrogens is 411 g/mol. The maximum Gasteiger partial charge on any atom is 0.410 e. The maximum absolute atomic E-state index is 12.5. The molecule has 1 amide bonds. The standard InChI is InChI=1S/C21H20ClFN4O3/c22-18-10-17(25-11-14-4-2-1-3-5-14)16-6-8-24-20(19(16)26-18)29-13-15-12-27(9-7-23)21(28)30-15/h1-6,8,10,15H,7,9,11-13H2,(H,25,26). The summed E-state index contributed by atoms with van der Waals surface area (Å²) in [6.45, 7) is 0.370. The monoisotopic (exact) mass is 430 g/mol. The van der Waals surface area contributed by atoms with Crippen LogP contribution < -0.4 is 10.1 Å². The Labute approximate surface area is 177 Å². The smallest absolute Gasteiger partial charge is 0.410 e. The van der Waals surface area contributed by atoms with Crippen molar-refractivity contribution in [3.63, 3.8) is 0 Å². The number of rotatable bonds is 8. The topological polar surface area (TPSA) is 76.6 Å². The summed E-state index contributed by atoms with van der Waals surface area (Å²) < 4.78 is 23.5. The van der Waals surface area contributed by atoms with Gasteiger partial charge in [-0.2, -0.15) is 0 Å². The van der Waals surface area contributed by atoms with E-state index in [9.17, 15) is 9.18 Å². The lowest BCUT2D eigenvalue weighted by Crippen LogP contribution is -2.28. The number of amides is 1. The summed E-state index contributed by atoms with van der Waals surface area (Å²) >= 11 is 6.23. The highest BCUT2D eigenvalue weighted by molar-refractivity contribution is 6.30. The van der Waals surface area contributed by atoms with E-state index in [4.69, 9.17) is 21.1 Å². The maximum atomic E-state index is 12.5. The van der Waals surface area contributed by atoms with Crippen molar-refractivity contribution in [2.75, 3.05) is 31.7 Å². The summed E-state index contributed by atoms with van der Waals surface area (Å²) in [6.07, 6.45) is 0.577. The fourth-order valence-electron chi connectivity index (χ4n) is 3.26. The van der Waals surface area contributed by atoms with E-state index in [2.05, 4.69) is 15.3 Å². The van der Waals surface area contributed by atoms with Crippen LogP contribution in [-0.4, -0.2) is 53.4 Å². The molecular formula is C21H20ClFN4O3. The second kappa shape index (κ2) is 9.13. The van der Waals surface area contributed by atoms with Crippen LogP contribution in [0, 0.1) is 0 Å². The summed E-state index contributed by atoms with van der Waals surface area (Å²) in [5.41, 5.74) is 2.44. The van der Waals surface area contributed by atoms with Crippen molar-refractivity contribution in [1.82, 2.24) is 14.9 Å². The zero-order chi connectivity index (χ0) is 20.9. The van der Waals surface area contributed by atoms with Crippen LogP contribution in [0.3, 0.4) is 0 Å². The summed E-state index contributed by atoms with van der Waals surface area (Å²) in [4.78, 5) is 21.6. The van der Waals surface area contributed by atoms with E-state index in [1.165, 1.54) is 4.90 Å². The van der Waals surface area contributed by atoms with Gasteiger partial charge in [0.15, 0.2) is 6.10 Å². The highest BCUT2D eigenvalue weighted by Gasteiger charge is 2.31. The van der Waals surface area contributed by atoms with E-state index >= 15 is 0 Å². The molecule has 0 spiro atoms. The second-order valence-electron chi connectivity index (χ2n) is 6.80. The van der Waals surface area contributed by atoms with E-state index in [-0.39, 0.29) is 25.6 Å². The normalized spacial score (nSPS) is 16.0.